The summed E-state index contributed by atoms with van der Waals surface area (Å²) < 4.78 is 0.497. The maximum absolute atomic E-state index is 11.6. The molecule has 0 fully saturated rings. The Morgan fingerprint density at radius 2 is 1.89 bits per heavy atom. The van der Waals surface area contributed by atoms with Crippen molar-refractivity contribution < 1.29 is 14.7 Å². The van der Waals surface area contributed by atoms with E-state index in [1.165, 1.54) is 11.0 Å². The van der Waals surface area contributed by atoms with Crippen LogP contribution in [0.4, 0.5) is 5.69 Å². The van der Waals surface area contributed by atoms with Crippen LogP contribution in [0.3, 0.4) is 0 Å². The van der Waals surface area contributed by atoms with Crippen LogP contribution in [0.5, 0.6) is 0 Å². The lowest BCUT2D eigenvalue weighted by molar-refractivity contribution is -0.127. The highest BCUT2D eigenvalue weighted by Gasteiger charge is 2.12. The van der Waals surface area contributed by atoms with Crippen LogP contribution in [0.15, 0.2) is 22.7 Å². The molecule has 0 aliphatic carbocycles. The first-order chi connectivity index (χ1) is 8.32. The minimum Gasteiger partial charge on any atom is -0.478 e. The molecule has 18 heavy (non-hydrogen) atoms. The Labute approximate surface area is 114 Å². The molecule has 1 amide bonds. The Morgan fingerprint density at radius 1 is 1.28 bits per heavy atom. The molecule has 0 heterocycles. The van der Waals surface area contributed by atoms with E-state index in [-0.39, 0.29) is 18.0 Å². The highest BCUT2D eigenvalue weighted by atomic mass is 79.9. The molecule has 0 aromatic heterocycles. The summed E-state index contributed by atoms with van der Waals surface area (Å²) in [4.78, 5) is 25.7. The Kier molecular flexibility index (Phi) is 4.72. The molecule has 1 N–H and O–H groups in total. The quantitative estimate of drug-likeness (QED) is 0.918. The summed E-state index contributed by atoms with van der Waals surface area (Å²) in [5.41, 5.74) is 0.980. The van der Waals surface area contributed by atoms with Crippen molar-refractivity contribution in [2.45, 2.75) is 0 Å². The number of anilines is 1. The van der Waals surface area contributed by atoms with Crippen molar-refractivity contribution in [3.05, 3.63) is 28.2 Å². The van der Waals surface area contributed by atoms with Gasteiger partial charge in [0.05, 0.1) is 12.1 Å². The number of likely N-dealkylation sites (N-methyl/N-ethyl adjacent to an activating group) is 2. The molecule has 0 aliphatic rings. The topological polar surface area (TPSA) is 60.9 Å². The van der Waals surface area contributed by atoms with Gasteiger partial charge in [0, 0.05) is 31.3 Å². The smallest absolute Gasteiger partial charge is 0.336 e. The Balaban J connectivity index is 2.88. The first kappa shape index (κ1) is 14.5. The van der Waals surface area contributed by atoms with Crippen molar-refractivity contribution >= 4 is 33.5 Å². The number of nitrogens with zero attached hydrogens (tertiary/aromatic N) is 2. The number of hydrogen-bond donors (Lipinski definition) is 1. The number of amides is 1. The summed E-state index contributed by atoms with van der Waals surface area (Å²) in [5.74, 6) is -1.00. The normalized spacial score (nSPS) is 10.0. The van der Waals surface area contributed by atoms with Gasteiger partial charge in [-0.1, -0.05) is 0 Å². The Bertz CT molecular complexity index is 474. The van der Waals surface area contributed by atoms with Crippen LogP contribution in [0, 0.1) is 0 Å². The standard InChI is InChI=1S/C12H15BrN2O3/c1-14(2)11(16)7-15(3)8-4-5-9(12(17)18)10(13)6-8/h4-6H,7H2,1-3H3,(H,17,18). The van der Waals surface area contributed by atoms with Gasteiger partial charge in [-0.25, -0.2) is 4.79 Å². The van der Waals surface area contributed by atoms with E-state index in [0.29, 0.717) is 4.47 Å². The van der Waals surface area contributed by atoms with Crippen molar-refractivity contribution in [3.63, 3.8) is 0 Å². The van der Waals surface area contributed by atoms with Gasteiger partial charge in [0.15, 0.2) is 0 Å². The van der Waals surface area contributed by atoms with Crippen LogP contribution in [0.25, 0.3) is 0 Å². The maximum Gasteiger partial charge on any atom is 0.336 e. The summed E-state index contributed by atoms with van der Waals surface area (Å²) in [7, 11) is 5.17. The van der Waals surface area contributed by atoms with Gasteiger partial charge >= 0.3 is 5.97 Å². The van der Waals surface area contributed by atoms with Crippen LogP contribution in [-0.2, 0) is 4.79 Å². The van der Waals surface area contributed by atoms with Gasteiger partial charge in [0.1, 0.15) is 0 Å². The van der Waals surface area contributed by atoms with E-state index in [1.807, 2.05) is 0 Å². The van der Waals surface area contributed by atoms with Crippen molar-refractivity contribution in [1.82, 2.24) is 4.90 Å². The maximum atomic E-state index is 11.6. The third-order valence-electron chi connectivity index (χ3n) is 2.50. The van der Waals surface area contributed by atoms with Crippen LogP contribution in [0.1, 0.15) is 10.4 Å². The molecule has 0 saturated carbocycles. The molecule has 0 unspecified atom stereocenters. The predicted molar refractivity (Wildman–Crippen MR) is 73.1 cm³/mol. The van der Waals surface area contributed by atoms with E-state index in [1.54, 1.807) is 38.2 Å². The fourth-order valence-electron chi connectivity index (χ4n) is 1.35. The first-order valence-electron chi connectivity index (χ1n) is 5.27. The van der Waals surface area contributed by atoms with Gasteiger partial charge in [-0.3, -0.25) is 4.79 Å². The van der Waals surface area contributed by atoms with Crippen LogP contribution in [-0.4, -0.2) is 49.6 Å². The third kappa shape index (κ3) is 3.46. The molecule has 0 radical (unpaired) electrons. The second-order valence-electron chi connectivity index (χ2n) is 4.11. The first-order valence-corrected chi connectivity index (χ1v) is 6.06. The molecular formula is C12H15BrN2O3. The number of halogens is 1. The number of carboxylic acid groups (broad SMARTS) is 1. The van der Waals surface area contributed by atoms with Gasteiger partial charge in [0.25, 0.3) is 0 Å². The molecule has 0 saturated heterocycles. The van der Waals surface area contributed by atoms with Gasteiger partial charge in [-0.15, -0.1) is 0 Å². The molecule has 98 valence electrons. The van der Waals surface area contributed by atoms with Gasteiger partial charge in [0.2, 0.25) is 5.91 Å². The lowest BCUT2D eigenvalue weighted by Crippen LogP contribution is -2.34. The lowest BCUT2D eigenvalue weighted by atomic mass is 10.2. The average Bonchev–Trinajstić information content (AvgIpc) is 2.27. The van der Waals surface area contributed by atoms with E-state index >= 15 is 0 Å². The predicted octanol–water partition coefficient (Wildman–Crippen LogP) is 1.67. The van der Waals surface area contributed by atoms with Crippen molar-refractivity contribution in [1.29, 1.82) is 0 Å². The van der Waals surface area contributed by atoms with E-state index in [4.69, 9.17) is 5.11 Å². The largest absolute Gasteiger partial charge is 0.478 e. The molecule has 6 heteroatoms. The zero-order valence-corrected chi connectivity index (χ0v) is 12.1. The number of carboxylic acids is 1. The monoisotopic (exact) mass is 314 g/mol. The van der Waals surface area contributed by atoms with E-state index in [2.05, 4.69) is 15.9 Å². The Hall–Kier alpha value is -1.56. The highest BCUT2D eigenvalue weighted by Crippen LogP contribution is 2.23. The molecule has 5 nitrogen and oxygen atoms in total. The number of hydrogen-bond acceptors (Lipinski definition) is 3. The van der Waals surface area contributed by atoms with E-state index in [0.717, 1.165) is 5.69 Å². The highest BCUT2D eigenvalue weighted by molar-refractivity contribution is 9.10. The summed E-state index contributed by atoms with van der Waals surface area (Å²) in [6.45, 7) is 0.242. The van der Waals surface area contributed by atoms with Crippen LogP contribution < -0.4 is 4.90 Å². The number of carbonyl (C=O) groups is 2. The second-order valence-corrected chi connectivity index (χ2v) is 4.97. The SMILES string of the molecule is CN(C)C(=O)CN(C)c1ccc(C(=O)O)c(Br)c1. The van der Waals surface area contributed by atoms with Crippen molar-refractivity contribution in [2.24, 2.45) is 0 Å². The zero-order chi connectivity index (χ0) is 13.9. The molecular weight excluding hydrogens is 300 g/mol. The van der Waals surface area contributed by atoms with Crippen molar-refractivity contribution in [3.8, 4) is 0 Å². The minimum atomic E-state index is -0.986. The minimum absolute atomic E-state index is 0.0177. The van der Waals surface area contributed by atoms with Gasteiger partial charge in [-0.05, 0) is 34.1 Å². The molecule has 0 atom stereocenters. The Morgan fingerprint density at radius 3 is 2.33 bits per heavy atom. The van der Waals surface area contributed by atoms with Crippen LogP contribution in [0.2, 0.25) is 0 Å². The average molecular weight is 315 g/mol. The number of aromatic carboxylic acids is 1. The molecule has 1 aromatic carbocycles. The number of benzene rings is 1. The van der Waals surface area contributed by atoms with E-state index in [9.17, 15) is 9.59 Å². The molecule has 1 rings (SSSR count). The summed E-state index contributed by atoms with van der Waals surface area (Å²) in [6, 6.07) is 4.88. The molecule has 0 aliphatic heterocycles. The fraction of sp³-hybridized carbons (Fsp3) is 0.333. The summed E-state index contributed by atoms with van der Waals surface area (Å²) in [5, 5.41) is 8.91. The lowest BCUT2D eigenvalue weighted by Gasteiger charge is -2.21. The summed E-state index contributed by atoms with van der Waals surface area (Å²) >= 11 is 3.21. The molecule has 1 aromatic rings. The zero-order valence-electron chi connectivity index (χ0n) is 10.5. The number of rotatable bonds is 4. The molecule has 0 bridgehead atoms. The summed E-state index contributed by atoms with van der Waals surface area (Å²) in [6.07, 6.45) is 0. The number of carbonyl (C=O) groups excluding carboxylic acids is 1. The van der Waals surface area contributed by atoms with E-state index < -0.39 is 5.97 Å². The third-order valence-corrected chi connectivity index (χ3v) is 3.15. The van der Waals surface area contributed by atoms with Gasteiger partial charge < -0.3 is 14.9 Å². The van der Waals surface area contributed by atoms with Crippen LogP contribution >= 0.6 is 15.9 Å². The van der Waals surface area contributed by atoms with Crippen molar-refractivity contribution in [2.75, 3.05) is 32.6 Å². The molecule has 0 spiro atoms. The second kappa shape index (κ2) is 5.86. The fourth-order valence-corrected chi connectivity index (χ4v) is 1.89. The van der Waals surface area contributed by atoms with Gasteiger partial charge in [-0.2, -0.15) is 0 Å².